The smallest absolute Gasteiger partial charge is 0.361 e. The third-order valence-corrected chi connectivity index (χ3v) is 5.16. The van der Waals surface area contributed by atoms with Gasteiger partial charge in [0, 0.05) is 33.6 Å². The van der Waals surface area contributed by atoms with Crippen molar-refractivity contribution in [2.45, 2.75) is 31.7 Å². The van der Waals surface area contributed by atoms with Gasteiger partial charge in [-0.2, -0.15) is 26.9 Å². The molecule has 3 aromatic rings. The first kappa shape index (κ1) is 20.7. The van der Waals surface area contributed by atoms with Gasteiger partial charge in [-0.05, 0) is 12.1 Å². The molecule has 0 bridgehead atoms. The number of para-hydroxylation sites is 1. The van der Waals surface area contributed by atoms with Crippen molar-refractivity contribution >= 4 is 21.0 Å². The van der Waals surface area contributed by atoms with Crippen LogP contribution in [0, 0.1) is 11.3 Å². The summed E-state index contributed by atoms with van der Waals surface area (Å²) in [6, 6.07) is 10.4. The largest absolute Gasteiger partial charge is 0.534 e. The summed E-state index contributed by atoms with van der Waals surface area (Å²) in [5, 5.41) is 10.3. The Bertz CT molecular complexity index is 1230. The Morgan fingerprint density at radius 3 is 2.38 bits per heavy atom. The van der Waals surface area contributed by atoms with E-state index in [1.54, 1.807) is 63.4 Å². The summed E-state index contributed by atoms with van der Waals surface area (Å²) in [7, 11) is -6.00. The molecular weight excluding hydrogens is 407 g/mol. The van der Waals surface area contributed by atoms with Crippen LogP contribution in [0.3, 0.4) is 0 Å². The number of rotatable bonds is 3. The van der Waals surface area contributed by atoms with E-state index < -0.39 is 32.5 Å². The molecule has 0 unspecified atom stereocenters. The third kappa shape index (κ3) is 3.78. The van der Waals surface area contributed by atoms with E-state index in [-0.39, 0.29) is 11.3 Å². The summed E-state index contributed by atoms with van der Waals surface area (Å²) in [6.07, 6.45) is 1.59. The quantitative estimate of drug-likeness (QED) is 0.490. The zero-order valence-corrected chi connectivity index (χ0v) is 16.4. The zero-order chi connectivity index (χ0) is 21.6. The highest BCUT2D eigenvalue weighted by atomic mass is 32.2. The number of halogens is 3. The SMILES string of the molecule is CC(C)(C)c1cc(-c2c[nH]c3ccccc23)c(C#N)c(OS(=O)(=O)C(F)(F)F)n1. The molecule has 0 saturated carbocycles. The summed E-state index contributed by atoms with van der Waals surface area (Å²) >= 11 is 0. The van der Waals surface area contributed by atoms with E-state index in [1.165, 1.54) is 0 Å². The summed E-state index contributed by atoms with van der Waals surface area (Å²) < 4.78 is 65.9. The summed E-state index contributed by atoms with van der Waals surface area (Å²) in [5.41, 5.74) is -4.98. The number of nitrogens with zero attached hydrogens (tertiary/aromatic N) is 2. The number of fused-ring (bicyclic) bond motifs is 1. The van der Waals surface area contributed by atoms with E-state index >= 15 is 0 Å². The number of H-pyrrole nitrogens is 1. The van der Waals surface area contributed by atoms with Crippen molar-refractivity contribution in [3.63, 3.8) is 0 Å². The number of hydrogen-bond acceptors (Lipinski definition) is 5. The van der Waals surface area contributed by atoms with Crippen LogP contribution in [0.5, 0.6) is 5.88 Å². The van der Waals surface area contributed by atoms with Gasteiger partial charge < -0.3 is 9.17 Å². The molecule has 0 aliphatic heterocycles. The molecule has 0 atom stereocenters. The van der Waals surface area contributed by atoms with Crippen LogP contribution in [0.1, 0.15) is 32.0 Å². The highest BCUT2D eigenvalue weighted by Crippen LogP contribution is 2.38. The van der Waals surface area contributed by atoms with Crippen molar-refractivity contribution in [2.75, 3.05) is 0 Å². The van der Waals surface area contributed by atoms with Gasteiger partial charge in [-0.1, -0.05) is 39.0 Å². The number of benzene rings is 1. The summed E-state index contributed by atoms with van der Waals surface area (Å²) in [6.45, 7) is 5.26. The normalized spacial score (nSPS) is 12.7. The molecule has 6 nitrogen and oxygen atoms in total. The lowest BCUT2D eigenvalue weighted by atomic mass is 9.88. The molecule has 0 fully saturated rings. The van der Waals surface area contributed by atoms with Gasteiger partial charge in [-0.25, -0.2) is 4.98 Å². The molecule has 29 heavy (non-hydrogen) atoms. The van der Waals surface area contributed by atoms with Gasteiger partial charge in [0.2, 0.25) is 0 Å². The van der Waals surface area contributed by atoms with Crippen LogP contribution in [0.25, 0.3) is 22.0 Å². The predicted octanol–water partition coefficient (Wildman–Crippen LogP) is 4.63. The minimum atomic E-state index is -6.00. The van der Waals surface area contributed by atoms with Crippen LogP contribution < -0.4 is 4.18 Å². The molecule has 3 rings (SSSR count). The van der Waals surface area contributed by atoms with Crippen molar-refractivity contribution in [1.82, 2.24) is 9.97 Å². The molecule has 0 radical (unpaired) electrons. The summed E-state index contributed by atoms with van der Waals surface area (Å²) in [5.74, 6) is -0.905. The van der Waals surface area contributed by atoms with Crippen molar-refractivity contribution < 1.29 is 25.8 Å². The summed E-state index contributed by atoms with van der Waals surface area (Å²) in [4.78, 5) is 6.95. The van der Waals surface area contributed by atoms with Gasteiger partial charge in [0.05, 0.1) is 5.69 Å². The fourth-order valence-corrected chi connectivity index (χ4v) is 3.16. The highest BCUT2D eigenvalue weighted by molar-refractivity contribution is 7.87. The molecule has 152 valence electrons. The molecule has 0 spiro atoms. The van der Waals surface area contributed by atoms with E-state index in [4.69, 9.17) is 0 Å². The number of aromatic nitrogens is 2. The first-order valence-corrected chi connectivity index (χ1v) is 9.79. The van der Waals surface area contributed by atoms with Crippen molar-refractivity contribution in [3.8, 4) is 23.1 Å². The first-order valence-electron chi connectivity index (χ1n) is 8.38. The molecule has 2 aromatic heterocycles. The fourth-order valence-electron chi connectivity index (χ4n) is 2.73. The number of pyridine rings is 1. The lowest BCUT2D eigenvalue weighted by molar-refractivity contribution is -0.0501. The van der Waals surface area contributed by atoms with E-state index in [0.717, 1.165) is 5.52 Å². The molecule has 0 aliphatic rings. The molecule has 0 saturated heterocycles. The lowest BCUT2D eigenvalue weighted by Gasteiger charge is -2.21. The standard InChI is InChI=1S/C19H16F3N3O3S/c1-18(2,3)16-8-12(14-10-24-15-7-5-4-6-11(14)15)13(9-23)17(25-16)28-29(26,27)19(20,21)22/h4-8,10,24H,1-3H3. The zero-order valence-electron chi connectivity index (χ0n) is 15.6. The molecular formula is C19H16F3N3O3S. The number of aromatic amines is 1. The van der Waals surface area contributed by atoms with Gasteiger partial charge in [-0.15, -0.1) is 0 Å². The molecule has 1 N–H and O–H groups in total. The van der Waals surface area contributed by atoms with E-state index in [2.05, 4.69) is 14.2 Å². The van der Waals surface area contributed by atoms with E-state index in [9.17, 15) is 26.9 Å². The van der Waals surface area contributed by atoms with Gasteiger partial charge in [0.25, 0.3) is 5.88 Å². The van der Waals surface area contributed by atoms with Crippen molar-refractivity contribution in [1.29, 1.82) is 5.26 Å². The van der Waals surface area contributed by atoms with Crippen LogP contribution in [0.2, 0.25) is 0 Å². The van der Waals surface area contributed by atoms with Crippen LogP contribution in [0.4, 0.5) is 13.2 Å². The first-order chi connectivity index (χ1) is 13.3. The van der Waals surface area contributed by atoms with Crippen LogP contribution >= 0.6 is 0 Å². The van der Waals surface area contributed by atoms with Gasteiger partial charge in [0.15, 0.2) is 0 Å². The average molecular weight is 423 g/mol. The molecule has 0 aliphatic carbocycles. The predicted molar refractivity (Wildman–Crippen MR) is 101 cm³/mol. The maximum atomic E-state index is 12.8. The van der Waals surface area contributed by atoms with Crippen LogP contribution in [0.15, 0.2) is 36.5 Å². The number of alkyl halides is 3. The van der Waals surface area contributed by atoms with Crippen LogP contribution in [-0.4, -0.2) is 23.9 Å². The van der Waals surface area contributed by atoms with E-state index in [1.807, 2.05) is 0 Å². The molecule has 0 amide bonds. The highest BCUT2D eigenvalue weighted by Gasteiger charge is 2.49. The number of hydrogen-bond donors (Lipinski definition) is 1. The number of nitriles is 1. The maximum absolute atomic E-state index is 12.8. The minimum absolute atomic E-state index is 0.220. The Labute approximate surface area is 165 Å². The lowest BCUT2D eigenvalue weighted by Crippen LogP contribution is -2.29. The monoisotopic (exact) mass is 423 g/mol. The van der Waals surface area contributed by atoms with Gasteiger partial charge in [0.1, 0.15) is 11.6 Å². The van der Waals surface area contributed by atoms with Crippen molar-refractivity contribution in [3.05, 3.63) is 47.8 Å². The topological polar surface area (TPSA) is 95.8 Å². The Hall–Kier alpha value is -3.06. The van der Waals surface area contributed by atoms with E-state index in [0.29, 0.717) is 10.9 Å². The second-order valence-electron chi connectivity index (χ2n) is 7.33. The third-order valence-electron chi connectivity index (χ3n) is 4.22. The maximum Gasteiger partial charge on any atom is 0.534 e. The molecule has 1 aromatic carbocycles. The minimum Gasteiger partial charge on any atom is -0.361 e. The van der Waals surface area contributed by atoms with Crippen molar-refractivity contribution in [2.24, 2.45) is 0 Å². The fraction of sp³-hybridized carbons (Fsp3) is 0.263. The second-order valence-corrected chi connectivity index (χ2v) is 8.87. The van der Waals surface area contributed by atoms with Crippen LogP contribution in [-0.2, 0) is 15.5 Å². The number of nitrogens with one attached hydrogen (secondary N) is 1. The Morgan fingerprint density at radius 1 is 1.14 bits per heavy atom. The second kappa shape index (κ2) is 6.77. The Kier molecular flexibility index (Phi) is 4.83. The molecule has 2 heterocycles. The van der Waals surface area contributed by atoms with Gasteiger partial charge in [-0.3, -0.25) is 0 Å². The Balaban J connectivity index is 2.33. The average Bonchev–Trinajstić information content (AvgIpc) is 3.03. The van der Waals surface area contributed by atoms with Gasteiger partial charge >= 0.3 is 15.6 Å². The Morgan fingerprint density at radius 2 is 1.79 bits per heavy atom. The molecule has 10 heteroatoms.